The second-order valence-electron chi connectivity index (χ2n) is 9.03. The van der Waals surface area contributed by atoms with Crippen molar-refractivity contribution in [2.75, 3.05) is 18.1 Å². The number of fused-ring (bicyclic) bond motifs is 1. The fourth-order valence-corrected chi connectivity index (χ4v) is 4.96. The van der Waals surface area contributed by atoms with Gasteiger partial charge in [-0.3, -0.25) is 14.5 Å². The van der Waals surface area contributed by atoms with E-state index in [0.29, 0.717) is 47.9 Å². The van der Waals surface area contributed by atoms with E-state index in [9.17, 15) is 14.7 Å². The first-order valence-electron chi connectivity index (χ1n) is 12.5. The van der Waals surface area contributed by atoms with E-state index < -0.39 is 17.7 Å². The number of hydrogen-bond donors (Lipinski definition) is 1. The molecule has 0 aliphatic carbocycles. The molecule has 2 unspecified atom stereocenters. The van der Waals surface area contributed by atoms with Crippen LogP contribution < -0.4 is 19.1 Å². The molecule has 7 heteroatoms. The Morgan fingerprint density at radius 3 is 2.43 bits per heavy atom. The number of carbonyl (C=O) groups excluding carboxylic acids is 2. The van der Waals surface area contributed by atoms with Crippen LogP contribution in [-0.2, 0) is 16.0 Å². The molecule has 3 aromatic rings. The predicted octanol–water partition coefficient (Wildman–Crippen LogP) is 5.43. The minimum Gasteiger partial charge on any atom is -0.507 e. The van der Waals surface area contributed by atoms with E-state index in [4.69, 9.17) is 14.2 Å². The van der Waals surface area contributed by atoms with Crippen molar-refractivity contribution >= 4 is 23.1 Å². The summed E-state index contributed by atoms with van der Waals surface area (Å²) in [6, 6.07) is 18.9. The van der Waals surface area contributed by atoms with Crippen LogP contribution in [0.5, 0.6) is 17.2 Å². The summed E-state index contributed by atoms with van der Waals surface area (Å²) in [4.78, 5) is 28.4. The van der Waals surface area contributed by atoms with Gasteiger partial charge in [-0.25, -0.2) is 0 Å². The van der Waals surface area contributed by atoms with Crippen LogP contribution in [0.1, 0.15) is 43.5 Å². The molecule has 2 aliphatic heterocycles. The van der Waals surface area contributed by atoms with Gasteiger partial charge in [-0.1, -0.05) is 30.3 Å². The second kappa shape index (κ2) is 10.0. The van der Waals surface area contributed by atoms with E-state index in [1.54, 1.807) is 30.3 Å². The first kappa shape index (κ1) is 24.4. The summed E-state index contributed by atoms with van der Waals surface area (Å²) in [7, 11) is 0. The highest BCUT2D eigenvalue weighted by molar-refractivity contribution is 6.51. The molecule has 0 radical (unpaired) electrons. The molecule has 0 bridgehead atoms. The van der Waals surface area contributed by atoms with Gasteiger partial charge in [-0.05, 0) is 62.2 Å². The van der Waals surface area contributed by atoms with Gasteiger partial charge in [0.1, 0.15) is 17.6 Å². The zero-order chi connectivity index (χ0) is 26.1. The van der Waals surface area contributed by atoms with Crippen LogP contribution in [0.15, 0.2) is 72.3 Å². The number of hydrogen-bond acceptors (Lipinski definition) is 6. The summed E-state index contributed by atoms with van der Waals surface area (Å²) in [5, 5.41) is 11.4. The summed E-state index contributed by atoms with van der Waals surface area (Å²) in [6.45, 7) is 6.59. The molecule has 5 rings (SSSR count). The van der Waals surface area contributed by atoms with Crippen molar-refractivity contribution in [3.8, 4) is 17.2 Å². The summed E-state index contributed by atoms with van der Waals surface area (Å²) in [6.07, 6.45) is 0.751. The number of nitrogens with zero attached hydrogens (tertiary/aromatic N) is 1. The molecule has 1 amide bonds. The SMILES string of the molecule is CCOc1ccc(N2C(=O)C(=O)/C(=C(\O)c3ccc4c(c3)CC(C)O4)C2c2ccccc2)cc1OCC. The Morgan fingerprint density at radius 2 is 1.70 bits per heavy atom. The Morgan fingerprint density at radius 1 is 0.973 bits per heavy atom. The summed E-state index contributed by atoms with van der Waals surface area (Å²) >= 11 is 0. The third-order valence-corrected chi connectivity index (χ3v) is 6.53. The molecule has 0 spiro atoms. The van der Waals surface area contributed by atoms with Gasteiger partial charge in [-0.15, -0.1) is 0 Å². The standard InChI is InChI=1S/C30H29NO6/c1-4-35-24-14-12-22(17-25(24)36-5-2)31-27(19-9-7-6-8-10-19)26(29(33)30(31)34)28(32)20-11-13-23-21(16-20)15-18(3)37-23/h6-14,16-18,27,32H,4-5,15H2,1-3H3/b28-26-. The highest BCUT2D eigenvalue weighted by Crippen LogP contribution is 2.44. The van der Waals surface area contributed by atoms with Crippen molar-refractivity contribution in [1.82, 2.24) is 0 Å². The molecule has 1 fully saturated rings. The number of ketones is 1. The number of ether oxygens (including phenoxy) is 3. The molecular formula is C30H29NO6. The van der Waals surface area contributed by atoms with Crippen molar-refractivity contribution in [3.05, 3.63) is 89.0 Å². The van der Waals surface area contributed by atoms with Gasteiger partial charge in [0.05, 0.1) is 24.8 Å². The molecule has 0 saturated carbocycles. The molecule has 3 aromatic carbocycles. The quantitative estimate of drug-likeness (QED) is 0.265. The van der Waals surface area contributed by atoms with Gasteiger partial charge in [0.15, 0.2) is 11.5 Å². The van der Waals surface area contributed by atoms with Gasteiger partial charge in [-0.2, -0.15) is 0 Å². The van der Waals surface area contributed by atoms with Crippen LogP contribution in [0, 0.1) is 0 Å². The van der Waals surface area contributed by atoms with Gasteiger partial charge in [0, 0.05) is 23.7 Å². The maximum Gasteiger partial charge on any atom is 0.300 e. The van der Waals surface area contributed by atoms with Crippen LogP contribution in [-0.4, -0.2) is 36.1 Å². The lowest BCUT2D eigenvalue weighted by molar-refractivity contribution is -0.132. The Bertz CT molecular complexity index is 1380. The first-order valence-corrected chi connectivity index (χ1v) is 12.5. The fraction of sp³-hybridized carbons (Fsp3) is 0.267. The summed E-state index contributed by atoms with van der Waals surface area (Å²) < 4.78 is 17.2. The zero-order valence-electron chi connectivity index (χ0n) is 21.1. The van der Waals surface area contributed by atoms with Crippen molar-refractivity contribution < 1.29 is 28.9 Å². The largest absolute Gasteiger partial charge is 0.507 e. The van der Waals surface area contributed by atoms with Crippen molar-refractivity contribution in [2.45, 2.75) is 39.3 Å². The minimum absolute atomic E-state index is 0.0370. The average molecular weight is 500 g/mol. The second-order valence-corrected chi connectivity index (χ2v) is 9.03. The van der Waals surface area contributed by atoms with E-state index in [0.717, 1.165) is 11.3 Å². The van der Waals surface area contributed by atoms with Crippen molar-refractivity contribution in [3.63, 3.8) is 0 Å². The van der Waals surface area contributed by atoms with E-state index in [-0.39, 0.29) is 17.4 Å². The Kier molecular flexibility index (Phi) is 6.61. The molecule has 37 heavy (non-hydrogen) atoms. The lowest BCUT2D eigenvalue weighted by atomic mass is 9.94. The highest BCUT2D eigenvalue weighted by atomic mass is 16.5. The van der Waals surface area contributed by atoms with Crippen molar-refractivity contribution in [2.24, 2.45) is 0 Å². The number of carbonyl (C=O) groups is 2. The van der Waals surface area contributed by atoms with E-state index >= 15 is 0 Å². The highest BCUT2D eigenvalue weighted by Gasteiger charge is 2.47. The fourth-order valence-electron chi connectivity index (χ4n) is 4.96. The third kappa shape index (κ3) is 4.42. The van der Waals surface area contributed by atoms with Gasteiger partial charge < -0.3 is 19.3 Å². The topological polar surface area (TPSA) is 85.3 Å². The van der Waals surface area contributed by atoms with Crippen LogP contribution >= 0.6 is 0 Å². The van der Waals surface area contributed by atoms with E-state index in [1.165, 1.54) is 4.90 Å². The molecule has 190 valence electrons. The number of benzene rings is 3. The van der Waals surface area contributed by atoms with E-state index in [2.05, 4.69) is 0 Å². The van der Waals surface area contributed by atoms with Crippen molar-refractivity contribution in [1.29, 1.82) is 0 Å². The molecular weight excluding hydrogens is 470 g/mol. The molecule has 1 N–H and O–H groups in total. The molecule has 7 nitrogen and oxygen atoms in total. The van der Waals surface area contributed by atoms with Gasteiger partial charge in [0.2, 0.25) is 0 Å². The lowest BCUT2D eigenvalue weighted by Gasteiger charge is -2.26. The van der Waals surface area contributed by atoms with Crippen LogP contribution in [0.3, 0.4) is 0 Å². The predicted molar refractivity (Wildman–Crippen MR) is 140 cm³/mol. The maximum atomic E-state index is 13.5. The minimum atomic E-state index is -0.822. The van der Waals surface area contributed by atoms with Gasteiger partial charge >= 0.3 is 0 Å². The third-order valence-electron chi connectivity index (χ3n) is 6.53. The molecule has 2 aliphatic rings. The van der Waals surface area contributed by atoms with Crippen LogP contribution in [0.25, 0.3) is 5.76 Å². The number of anilines is 1. The molecule has 0 aromatic heterocycles. The average Bonchev–Trinajstić information content (AvgIpc) is 3.40. The Hall–Kier alpha value is -4.26. The zero-order valence-corrected chi connectivity index (χ0v) is 21.1. The monoisotopic (exact) mass is 499 g/mol. The first-order chi connectivity index (χ1) is 17.9. The Labute approximate surface area is 215 Å². The van der Waals surface area contributed by atoms with E-state index in [1.807, 2.05) is 57.2 Å². The molecule has 2 heterocycles. The number of Topliss-reactive ketones (excluding diaryl/α,β-unsaturated/α-hetero) is 1. The number of aliphatic hydroxyl groups excluding tert-OH is 1. The number of amides is 1. The molecule has 1 saturated heterocycles. The van der Waals surface area contributed by atoms with Crippen LogP contribution in [0.2, 0.25) is 0 Å². The van der Waals surface area contributed by atoms with Crippen LogP contribution in [0.4, 0.5) is 5.69 Å². The Balaban J connectivity index is 1.65. The summed E-state index contributed by atoms with van der Waals surface area (Å²) in [5.41, 5.74) is 2.63. The molecule has 2 atom stereocenters. The maximum absolute atomic E-state index is 13.5. The number of aliphatic hydroxyl groups is 1. The van der Waals surface area contributed by atoms with Gasteiger partial charge in [0.25, 0.3) is 11.7 Å². The smallest absolute Gasteiger partial charge is 0.300 e. The summed E-state index contributed by atoms with van der Waals surface area (Å²) in [5.74, 6) is 0.109. The number of rotatable bonds is 7. The normalized spacial score (nSPS) is 20.0. The lowest BCUT2D eigenvalue weighted by Crippen LogP contribution is -2.29.